The van der Waals surface area contributed by atoms with Gasteiger partial charge in [0.25, 0.3) is 5.91 Å². The van der Waals surface area contributed by atoms with Crippen LogP contribution >= 0.6 is 0 Å². The Morgan fingerprint density at radius 2 is 2.09 bits per heavy atom. The molecule has 2 N–H and O–H groups in total. The van der Waals surface area contributed by atoms with Crippen LogP contribution in [0.2, 0.25) is 0 Å². The minimum absolute atomic E-state index is 0.00550. The van der Waals surface area contributed by atoms with Crippen LogP contribution < -0.4 is 19.9 Å². The largest absolute Gasteiger partial charge is 0.496 e. The Labute approximate surface area is 197 Å². The van der Waals surface area contributed by atoms with Crippen molar-refractivity contribution in [2.75, 3.05) is 43.2 Å². The van der Waals surface area contributed by atoms with E-state index in [1.54, 1.807) is 23.1 Å². The Hall–Kier alpha value is -3.56. The van der Waals surface area contributed by atoms with Gasteiger partial charge in [0.2, 0.25) is 0 Å². The molecule has 1 fully saturated rings. The van der Waals surface area contributed by atoms with Crippen molar-refractivity contribution in [3.63, 3.8) is 0 Å². The molecule has 1 atom stereocenters. The summed E-state index contributed by atoms with van der Waals surface area (Å²) in [7, 11) is 1.48. The molecule has 9 heteroatoms. The summed E-state index contributed by atoms with van der Waals surface area (Å²) in [6.07, 6.45) is 1.52. The number of hydrogen-bond acceptors (Lipinski definition) is 7. The lowest BCUT2D eigenvalue weighted by molar-refractivity contribution is 0.0996. The van der Waals surface area contributed by atoms with E-state index in [1.165, 1.54) is 19.4 Å². The van der Waals surface area contributed by atoms with Crippen LogP contribution in [0.25, 0.3) is 11.3 Å². The number of carbonyl (C=O) groups excluding carboxylic acids is 1. The maximum absolute atomic E-state index is 14.8. The van der Waals surface area contributed by atoms with Crippen molar-refractivity contribution < 1.29 is 19.0 Å². The standard InChI is InChI=1S/C25H26FN5O3/c1-15-10-21(30-9-8-27-12-16(30)14-32)29-22(11-15)31-13-18-17(25(31)33)6-7-28-24(18)23-19(26)4-3-5-20(23)34-2/h3-7,10-11,16,27,32H,8-9,12-14H2,1-2H3/t16-/m1/s1. The van der Waals surface area contributed by atoms with Crippen LogP contribution in [0.3, 0.4) is 0 Å². The van der Waals surface area contributed by atoms with Crippen LogP contribution in [0.15, 0.2) is 42.6 Å². The molecule has 1 amide bonds. The van der Waals surface area contributed by atoms with Crippen molar-refractivity contribution in [2.45, 2.75) is 19.5 Å². The summed E-state index contributed by atoms with van der Waals surface area (Å²) in [6, 6.07) is 9.99. The van der Waals surface area contributed by atoms with Gasteiger partial charge in [-0.25, -0.2) is 9.37 Å². The van der Waals surface area contributed by atoms with Crippen LogP contribution in [-0.2, 0) is 6.54 Å². The highest BCUT2D eigenvalue weighted by Crippen LogP contribution is 2.38. The van der Waals surface area contributed by atoms with Gasteiger partial charge in [0, 0.05) is 37.0 Å². The van der Waals surface area contributed by atoms with E-state index in [1.807, 2.05) is 19.1 Å². The van der Waals surface area contributed by atoms with E-state index in [0.29, 0.717) is 47.3 Å². The Morgan fingerprint density at radius 1 is 1.26 bits per heavy atom. The van der Waals surface area contributed by atoms with E-state index in [9.17, 15) is 14.3 Å². The van der Waals surface area contributed by atoms with Crippen molar-refractivity contribution in [3.05, 3.63) is 65.1 Å². The number of ether oxygens (including phenoxy) is 1. The van der Waals surface area contributed by atoms with E-state index >= 15 is 0 Å². The predicted octanol–water partition coefficient (Wildman–Crippen LogP) is 2.53. The van der Waals surface area contributed by atoms with Gasteiger partial charge in [0.1, 0.15) is 23.2 Å². The number of pyridine rings is 2. The fourth-order valence-electron chi connectivity index (χ4n) is 4.67. The highest BCUT2D eigenvalue weighted by Gasteiger charge is 2.34. The minimum Gasteiger partial charge on any atom is -0.496 e. The SMILES string of the molecule is COc1cccc(F)c1-c1nccc2c1CN(c1cc(C)cc(N3CCNC[C@@H]3CO)n1)C2=O. The van der Waals surface area contributed by atoms with E-state index < -0.39 is 5.82 Å². The van der Waals surface area contributed by atoms with Crippen LogP contribution in [0.1, 0.15) is 21.5 Å². The number of hydrogen-bond donors (Lipinski definition) is 2. The summed E-state index contributed by atoms with van der Waals surface area (Å²) in [5.41, 5.74) is 2.68. The second-order valence-electron chi connectivity index (χ2n) is 8.49. The summed E-state index contributed by atoms with van der Waals surface area (Å²) in [6.45, 7) is 4.33. The third-order valence-electron chi connectivity index (χ3n) is 6.35. The van der Waals surface area contributed by atoms with Crippen molar-refractivity contribution in [2.24, 2.45) is 0 Å². The molecule has 8 nitrogen and oxygen atoms in total. The van der Waals surface area contributed by atoms with Crippen molar-refractivity contribution in [1.82, 2.24) is 15.3 Å². The van der Waals surface area contributed by atoms with Crippen LogP contribution in [0.5, 0.6) is 5.75 Å². The van der Waals surface area contributed by atoms with Gasteiger partial charge in [-0.15, -0.1) is 0 Å². The molecule has 1 saturated heterocycles. The summed E-state index contributed by atoms with van der Waals surface area (Å²) >= 11 is 0. The van der Waals surface area contributed by atoms with Gasteiger partial charge < -0.3 is 20.1 Å². The average Bonchev–Trinajstić information content (AvgIpc) is 3.20. The number of piperazine rings is 1. The number of benzene rings is 1. The number of aliphatic hydroxyl groups is 1. The molecular weight excluding hydrogens is 437 g/mol. The molecule has 2 aliphatic rings. The fraction of sp³-hybridized carbons (Fsp3) is 0.320. The first-order valence-corrected chi connectivity index (χ1v) is 11.2. The summed E-state index contributed by atoms with van der Waals surface area (Å²) in [4.78, 5) is 26.3. The maximum Gasteiger partial charge on any atom is 0.260 e. The number of aryl methyl sites for hydroxylation is 1. The molecule has 0 radical (unpaired) electrons. The molecular formula is C25H26FN5O3. The number of methoxy groups -OCH3 is 1. The maximum atomic E-state index is 14.8. The molecule has 176 valence electrons. The zero-order valence-corrected chi connectivity index (χ0v) is 19.1. The quantitative estimate of drug-likeness (QED) is 0.601. The molecule has 1 aromatic carbocycles. The van der Waals surface area contributed by atoms with Gasteiger partial charge in [-0.05, 0) is 42.8 Å². The topological polar surface area (TPSA) is 90.8 Å². The summed E-state index contributed by atoms with van der Waals surface area (Å²) in [5.74, 6) is 0.913. The van der Waals surface area contributed by atoms with Crippen LogP contribution in [-0.4, -0.2) is 60.4 Å². The smallest absolute Gasteiger partial charge is 0.260 e. The number of nitrogens with zero attached hydrogens (tertiary/aromatic N) is 4. The average molecular weight is 464 g/mol. The number of aliphatic hydroxyl groups excluding tert-OH is 1. The molecule has 4 heterocycles. The fourth-order valence-corrected chi connectivity index (χ4v) is 4.67. The van der Waals surface area contributed by atoms with Crippen molar-refractivity contribution in [3.8, 4) is 17.0 Å². The number of amides is 1. The second-order valence-corrected chi connectivity index (χ2v) is 8.49. The van der Waals surface area contributed by atoms with Crippen LogP contribution in [0.4, 0.5) is 16.0 Å². The molecule has 2 aromatic heterocycles. The lowest BCUT2D eigenvalue weighted by Gasteiger charge is -2.36. The van der Waals surface area contributed by atoms with Gasteiger partial charge in [-0.2, -0.15) is 0 Å². The van der Waals surface area contributed by atoms with E-state index in [4.69, 9.17) is 9.72 Å². The highest BCUT2D eigenvalue weighted by atomic mass is 19.1. The van der Waals surface area contributed by atoms with Gasteiger partial charge >= 0.3 is 0 Å². The third-order valence-corrected chi connectivity index (χ3v) is 6.35. The highest BCUT2D eigenvalue weighted by molar-refractivity contribution is 6.10. The summed E-state index contributed by atoms with van der Waals surface area (Å²) in [5, 5.41) is 13.1. The van der Waals surface area contributed by atoms with Gasteiger partial charge in [0.05, 0.1) is 37.6 Å². The molecule has 5 rings (SSSR count). The number of rotatable bonds is 5. The van der Waals surface area contributed by atoms with E-state index in [2.05, 4.69) is 15.2 Å². The number of carbonyl (C=O) groups is 1. The molecule has 0 aliphatic carbocycles. The third kappa shape index (κ3) is 3.76. The van der Waals surface area contributed by atoms with Gasteiger partial charge in [0.15, 0.2) is 0 Å². The summed E-state index contributed by atoms with van der Waals surface area (Å²) < 4.78 is 20.2. The zero-order chi connectivity index (χ0) is 23.8. The number of nitrogens with one attached hydrogen (secondary N) is 1. The number of halogens is 1. The normalized spacial score (nSPS) is 17.8. The Morgan fingerprint density at radius 3 is 2.88 bits per heavy atom. The molecule has 0 unspecified atom stereocenters. The monoisotopic (exact) mass is 463 g/mol. The first-order chi connectivity index (χ1) is 16.5. The Bertz CT molecular complexity index is 1250. The molecule has 2 aliphatic heterocycles. The lowest BCUT2D eigenvalue weighted by atomic mass is 10.0. The van der Waals surface area contributed by atoms with E-state index in [0.717, 1.165) is 12.1 Å². The zero-order valence-electron chi connectivity index (χ0n) is 19.1. The Kier molecular flexibility index (Phi) is 5.89. The number of aromatic nitrogens is 2. The predicted molar refractivity (Wildman–Crippen MR) is 127 cm³/mol. The second kappa shape index (κ2) is 9.00. The first kappa shape index (κ1) is 22.2. The molecule has 0 saturated carbocycles. The first-order valence-electron chi connectivity index (χ1n) is 11.2. The number of anilines is 2. The Balaban J connectivity index is 1.55. The molecule has 0 spiro atoms. The molecule has 3 aromatic rings. The minimum atomic E-state index is -0.462. The number of fused-ring (bicyclic) bond motifs is 1. The van der Waals surface area contributed by atoms with Crippen molar-refractivity contribution in [1.29, 1.82) is 0 Å². The van der Waals surface area contributed by atoms with Gasteiger partial charge in [-0.1, -0.05) is 6.07 Å². The molecule has 34 heavy (non-hydrogen) atoms. The van der Waals surface area contributed by atoms with Gasteiger partial charge in [-0.3, -0.25) is 14.7 Å². The van der Waals surface area contributed by atoms with Crippen molar-refractivity contribution >= 4 is 17.5 Å². The molecule has 0 bridgehead atoms. The van der Waals surface area contributed by atoms with Crippen LogP contribution in [0, 0.1) is 12.7 Å². The van der Waals surface area contributed by atoms with E-state index in [-0.39, 0.29) is 30.7 Å². The lowest BCUT2D eigenvalue weighted by Crippen LogP contribution is -2.53.